The molecule has 3 rings (SSSR count). The molecule has 104 valence electrons. The second kappa shape index (κ2) is 5.44. The molecular weight excluding hydrogens is 232 g/mol. The lowest BCUT2D eigenvalue weighted by atomic mass is 9.82. The highest BCUT2D eigenvalue weighted by Gasteiger charge is 2.34. The third-order valence-electron chi connectivity index (χ3n) is 4.75. The maximum absolute atomic E-state index is 3.80. The number of nitrogens with one attached hydrogen (secondary N) is 1. The van der Waals surface area contributed by atoms with Crippen LogP contribution in [0, 0.1) is 11.8 Å². The second-order valence-electron chi connectivity index (χ2n) is 6.52. The molecule has 1 N–H and O–H groups in total. The lowest BCUT2D eigenvalue weighted by Gasteiger charge is -2.31. The summed E-state index contributed by atoms with van der Waals surface area (Å²) in [5.74, 6) is 2.06. The van der Waals surface area contributed by atoms with Crippen molar-refractivity contribution in [3.05, 3.63) is 24.3 Å². The molecule has 2 saturated carbocycles. The van der Waals surface area contributed by atoms with E-state index in [1.54, 1.807) is 0 Å². The Kier molecular flexibility index (Phi) is 3.67. The lowest BCUT2D eigenvalue weighted by Crippen LogP contribution is -2.28. The van der Waals surface area contributed by atoms with Gasteiger partial charge in [0.2, 0.25) is 0 Å². The smallest absolute Gasteiger partial charge is 0.0596 e. The molecular formula is C17H26N2. The van der Waals surface area contributed by atoms with Crippen molar-refractivity contribution < 1.29 is 0 Å². The van der Waals surface area contributed by atoms with Crippen LogP contribution >= 0.6 is 0 Å². The summed E-state index contributed by atoms with van der Waals surface area (Å²) in [7, 11) is 4.24. The average Bonchev–Trinajstić information content (AvgIpc) is 3.24. The number of para-hydroxylation sites is 2. The number of hydrogen-bond donors (Lipinski definition) is 1. The summed E-state index contributed by atoms with van der Waals surface area (Å²) in [6.07, 6.45) is 8.58. The Morgan fingerprint density at radius 2 is 1.79 bits per heavy atom. The van der Waals surface area contributed by atoms with E-state index in [4.69, 9.17) is 0 Å². The lowest BCUT2D eigenvalue weighted by molar-refractivity contribution is 0.303. The minimum absolute atomic E-state index is 0.681. The molecule has 0 bridgehead atoms. The fourth-order valence-electron chi connectivity index (χ4n) is 3.56. The number of benzene rings is 1. The first-order valence-electron chi connectivity index (χ1n) is 7.77. The number of hydrogen-bond acceptors (Lipinski definition) is 2. The predicted octanol–water partition coefficient (Wildman–Crippen LogP) is 4.13. The van der Waals surface area contributed by atoms with Crippen LogP contribution in [0.3, 0.4) is 0 Å². The first-order chi connectivity index (χ1) is 9.24. The number of rotatable bonds is 4. The molecule has 1 aromatic carbocycles. The van der Waals surface area contributed by atoms with Gasteiger partial charge in [0.1, 0.15) is 0 Å². The molecule has 0 aromatic heterocycles. The standard InChI is InChI=1S/C17H26N2/c1-19(2)17-9-4-3-8-16(17)18-15-7-5-6-14(12-15)13-10-11-13/h3-4,8-9,13-15,18H,5-7,10-12H2,1-2H3. The topological polar surface area (TPSA) is 15.3 Å². The van der Waals surface area contributed by atoms with Gasteiger partial charge in [-0.2, -0.15) is 0 Å². The molecule has 2 heteroatoms. The van der Waals surface area contributed by atoms with Crippen LogP contribution in [-0.4, -0.2) is 20.1 Å². The van der Waals surface area contributed by atoms with Gasteiger partial charge in [0, 0.05) is 20.1 Å². The molecule has 2 atom stereocenters. The zero-order valence-corrected chi connectivity index (χ0v) is 12.2. The third kappa shape index (κ3) is 3.05. The van der Waals surface area contributed by atoms with E-state index in [1.807, 2.05) is 0 Å². The molecule has 0 amide bonds. The maximum atomic E-state index is 3.80. The highest BCUT2D eigenvalue weighted by atomic mass is 15.1. The quantitative estimate of drug-likeness (QED) is 0.873. The van der Waals surface area contributed by atoms with Gasteiger partial charge in [-0.25, -0.2) is 0 Å². The Balaban J connectivity index is 1.67. The van der Waals surface area contributed by atoms with Crippen LogP contribution in [0.4, 0.5) is 11.4 Å². The Labute approximate surface area is 117 Å². The molecule has 1 aromatic rings. The van der Waals surface area contributed by atoms with Gasteiger partial charge in [-0.15, -0.1) is 0 Å². The average molecular weight is 258 g/mol. The summed E-state index contributed by atoms with van der Waals surface area (Å²) in [5, 5.41) is 3.80. The zero-order chi connectivity index (χ0) is 13.2. The Bertz CT molecular complexity index is 423. The maximum Gasteiger partial charge on any atom is 0.0596 e. The first kappa shape index (κ1) is 12.8. The van der Waals surface area contributed by atoms with E-state index in [0.29, 0.717) is 6.04 Å². The Morgan fingerprint density at radius 3 is 2.53 bits per heavy atom. The van der Waals surface area contributed by atoms with Crippen molar-refractivity contribution in [2.75, 3.05) is 24.3 Å². The van der Waals surface area contributed by atoms with E-state index in [-0.39, 0.29) is 0 Å². The van der Waals surface area contributed by atoms with Gasteiger partial charge in [-0.05, 0) is 49.7 Å². The first-order valence-corrected chi connectivity index (χ1v) is 7.77. The van der Waals surface area contributed by atoms with E-state index in [0.717, 1.165) is 11.8 Å². The van der Waals surface area contributed by atoms with Gasteiger partial charge in [0.25, 0.3) is 0 Å². The largest absolute Gasteiger partial charge is 0.381 e. The summed E-state index contributed by atoms with van der Waals surface area (Å²) in [6.45, 7) is 0. The summed E-state index contributed by atoms with van der Waals surface area (Å²) in [4.78, 5) is 2.20. The Hall–Kier alpha value is -1.18. The third-order valence-corrected chi connectivity index (χ3v) is 4.75. The van der Waals surface area contributed by atoms with Gasteiger partial charge in [0.15, 0.2) is 0 Å². The van der Waals surface area contributed by atoms with Crippen molar-refractivity contribution in [2.45, 2.75) is 44.6 Å². The van der Waals surface area contributed by atoms with Crippen LogP contribution in [-0.2, 0) is 0 Å². The predicted molar refractivity (Wildman–Crippen MR) is 82.9 cm³/mol. The molecule has 0 spiro atoms. The molecule has 0 radical (unpaired) electrons. The van der Waals surface area contributed by atoms with Crippen LogP contribution in [0.2, 0.25) is 0 Å². The summed E-state index contributed by atoms with van der Waals surface area (Å²) >= 11 is 0. The van der Waals surface area contributed by atoms with Crippen LogP contribution in [0.25, 0.3) is 0 Å². The molecule has 0 saturated heterocycles. The fourth-order valence-corrected chi connectivity index (χ4v) is 3.56. The number of nitrogens with zero attached hydrogens (tertiary/aromatic N) is 1. The van der Waals surface area contributed by atoms with Crippen LogP contribution in [0.15, 0.2) is 24.3 Å². The van der Waals surface area contributed by atoms with Crippen molar-refractivity contribution in [3.8, 4) is 0 Å². The molecule has 2 aliphatic rings. The van der Waals surface area contributed by atoms with E-state index >= 15 is 0 Å². The van der Waals surface area contributed by atoms with E-state index in [2.05, 4.69) is 48.6 Å². The fraction of sp³-hybridized carbons (Fsp3) is 0.647. The normalized spacial score (nSPS) is 27.1. The van der Waals surface area contributed by atoms with Gasteiger partial charge in [0.05, 0.1) is 11.4 Å². The van der Waals surface area contributed by atoms with E-state index in [1.165, 1.54) is 49.9 Å². The van der Waals surface area contributed by atoms with Crippen molar-refractivity contribution in [2.24, 2.45) is 11.8 Å². The molecule has 2 aliphatic carbocycles. The molecule has 0 aliphatic heterocycles. The summed E-state index contributed by atoms with van der Waals surface area (Å²) < 4.78 is 0. The highest BCUT2D eigenvalue weighted by molar-refractivity contribution is 5.69. The molecule has 19 heavy (non-hydrogen) atoms. The minimum atomic E-state index is 0.681. The molecule has 2 unspecified atom stereocenters. The van der Waals surface area contributed by atoms with Crippen LogP contribution in [0.1, 0.15) is 38.5 Å². The Morgan fingerprint density at radius 1 is 1.00 bits per heavy atom. The minimum Gasteiger partial charge on any atom is -0.381 e. The van der Waals surface area contributed by atoms with Crippen molar-refractivity contribution >= 4 is 11.4 Å². The van der Waals surface area contributed by atoms with E-state index < -0.39 is 0 Å². The van der Waals surface area contributed by atoms with Gasteiger partial charge in [-0.1, -0.05) is 25.0 Å². The van der Waals surface area contributed by atoms with Crippen molar-refractivity contribution in [3.63, 3.8) is 0 Å². The van der Waals surface area contributed by atoms with Crippen LogP contribution in [0.5, 0.6) is 0 Å². The molecule has 2 fully saturated rings. The van der Waals surface area contributed by atoms with E-state index in [9.17, 15) is 0 Å². The molecule has 2 nitrogen and oxygen atoms in total. The summed E-state index contributed by atoms with van der Waals surface area (Å²) in [5.41, 5.74) is 2.60. The number of anilines is 2. The van der Waals surface area contributed by atoms with Gasteiger partial charge >= 0.3 is 0 Å². The van der Waals surface area contributed by atoms with Crippen molar-refractivity contribution in [1.29, 1.82) is 0 Å². The van der Waals surface area contributed by atoms with Crippen molar-refractivity contribution in [1.82, 2.24) is 0 Å². The summed E-state index contributed by atoms with van der Waals surface area (Å²) in [6, 6.07) is 9.35. The second-order valence-corrected chi connectivity index (χ2v) is 6.52. The van der Waals surface area contributed by atoms with Crippen LogP contribution < -0.4 is 10.2 Å². The highest BCUT2D eigenvalue weighted by Crippen LogP contribution is 2.44. The molecule has 0 heterocycles. The monoisotopic (exact) mass is 258 g/mol. The zero-order valence-electron chi connectivity index (χ0n) is 12.2. The van der Waals surface area contributed by atoms with Gasteiger partial charge < -0.3 is 10.2 Å². The SMILES string of the molecule is CN(C)c1ccccc1NC1CCCC(C2CC2)C1. The van der Waals surface area contributed by atoms with Gasteiger partial charge in [-0.3, -0.25) is 0 Å².